The number of thiophene rings is 1. The molecule has 0 bridgehead atoms. The minimum Gasteiger partial charge on any atom is -0.489 e. The van der Waals surface area contributed by atoms with Crippen LogP contribution < -0.4 is 9.64 Å². The molecule has 0 saturated carbocycles. The zero-order valence-electron chi connectivity index (χ0n) is 25.0. The van der Waals surface area contributed by atoms with Gasteiger partial charge in [0.2, 0.25) is 0 Å². The van der Waals surface area contributed by atoms with Crippen LogP contribution in [0, 0.1) is 0 Å². The number of benzene rings is 3. The molecule has 5 aromatic rings. The number of anilines is 1. The van der Waals surface area contributed by atoms with Gasteiger partial charge < -0.3 is 14.7 Å². The first-order chi connectivity index (χ1) is 21.4. The normalized spacial score (nSPS) is 11.2. The molecule has 3 aromatic carbocycles. The fourth-order valence-electron chi connectivity index (χ4n) is 5.27. The highest BCUT2D eigenvalue weighted by molar-refractivity contribution is 7.15. The first kappa shape index (κ1) is 31.8. The van der Waals surface area contributed by atoms with E-state index in [0.29, 0.717) is 29.2 Å². The predicted octanol–water partition coefficient (Wildman–Crippen LogP) is 10.5. The zero-order chi connectivity index (χ0) is 30.9. The fraction of sp³-hybridized carbons (Fsp3) is 0.278. The number of nitrogens with zero attached hydrogens (tertiary/aromatic N) is 2. The number of hydrogen-bond donors (Lipinski definition) is 1. The van der Waals surface area contributed by atoms with E-state index in [-0.39, 0.29) is 6.54 Å². The number of carboxylic acid groups (broad SMARTS) is 1. The fourth-order valence-corrected chi connectivity index (χ4v) is 7.26. The molecule has 0 amide bonds. The summed E-state index contributed by atoms with van der Waals surface area (Å²) in [5, 5.41) is 12.9. The van der Waals surface area contributed by atoms with Gasteiger partial charge in [0.15, 0.2) is 5.13 Å². The molecule has 0 saturated heterocycles. The van der Waals surface area contributed by atoms with Crippen molar-refractivity contribution >= 4 is 45.4 Å². The van der Waals surface area contributed by atoms with Gasteiger partial charge in [-0.2, -0.15) is 0 Å². The highest BCUT2D eigenvalue weighted by Gasteiger charge is 2.17. The lowest BCUT2D eigenvalue weighted by Crippen LogP contribution is -2.28. The Balaban J connectivity index is 1.20. The molecule has 0 aliphatic rings. The van der Waals surface area contributed by atoms with E-state index in [0.717, 1.165) is 37.9 Å². The van der Waals surface area contributed by atoms with E-state index in [4.69, 9.17) is 21.3 Å². The molecule has 0 unspecified atom stereocenters. The summed E-state index contributed by atoms with van der Waals surface area (Å²) in [7, 11) is 0. The van der Waals surface area contributed by atoms with Crippen molar-refractivity contribution < 1.29 is 14.6 Å². The molecule has 0 radical (unpaired) electrons. The Labute approximate surface area is 272 Å². The molecule has 0 atom stereocenters. The molecule has 1 N–H and O–H groups in total. The van der Waals surface area contributed by atoms with E-state index in [2.05, 4.69) is 74.5 Å². The molecule has 2 heterocycles. The molecule has 44 heavy (non-hydrogen) atoms. The Bertz CT molecular complexity index is 1620. The van der Waals surface area contributed by atoms with Crippen LogP contribution in [0.15, 0.2) is 90.3 Å². The summed E-state index contributed by atoms with van der Waals surface area (Å²) in [4.78, 5) is 20.4. The first-order valence-electron chi connectivity index (χ1n) is 15.0. The largest absolute Gasteiger partial charge is 0.489 e. The minimum atomic E-state index is -0.893. The predicted molar refractivity (Wildman–Crippen MR) is 184 cm³/mol. The van der Waals surface area contributed by atoms with E-state index in [1.807, 2.05) is 34.5 Å². The number of rotatable bonds is 15. The first-order valence-corrected chi connectivity index (χ1v) is 17.1. The smallest absolute Gasteiger partial charge is 0.323 e. The number of carboxylic acids is 1. The van der Waals surface area contributed by atoms with Crippen LogP contribution in [0.3, 0.4) is 0 Å². The third-order valence-corrected chi connectivity index (χ3v) is 9.78. The monoisotopic (exact) mass is 644 g/mol. The lowest BCUT2D eigenvalue weighted by atomic mass is 9.90. The summed E-state index contributed by atoms with van der Waals surface area (Å²) in [5.74, 6) is 0.625. The van der Waals surface area contributed by atoms with Crippen LogP contribution in [0.4, 0.5) is 5.13 Å². The number of ether oxygens (including phenoxy) is 1. The average Bonchev–Trinajstić information content (AvgIpc) is 3.71. The van der Waals surface area contributed by atoms with Crippen LogP contribution in [0.1, 0.15) is 61.5 Å². The van der Waals surface area contributed by atoms with Gasteiger partial charge in [-0.3, -0.25) is 4.79 Å². The van der Waals surface area contributed by atoms with E-state index in [1.165, 1.54) is 42.6 Å². The van der Waals surface area contributed by atoms with Crippen LogP contribution in [0.5, 0.6) is 5.75 Å². The highest BCUT2D eigenvalue weighted by Crippen LogP contribution is 2.33. The second kappa shape index (κ2) is 15.4. The van der Waals surface area contributed by atoms with Gasteiger partial charge in [0.05, 0.1) is 12.2 Å². The van der Waals surface area contributed by atoms with E-state index in [9.17, 15) is 9.90 Å². The van der Waals surface area contributed by atoms with E-state index in [1.54, 1.807) is 11.3 Å². The van der Waals surface area contributed by atoms with Gasteiger partial charge in [-0.25, -0.2) is 4.98 Å². The van der Waals surface area contributed by atoms with Crippen molar-refractivity contribution in [1.82, 2.24) is 4.98 Å². The van der Waals surface area contributed by atoms with Gasteiger partial charge >= 0.3 is 5.97 Å². The number of halogens is 1. The molecule has 228 valence electrons. The summed E-state index contributed by atoms with van der Waals surface area (Å²) in [6.45, 7) is 5.35. The lowest BCUT2D eigenvalue weighted by Gasteiger charge is -2.18. The Morgan fingerprint density at radius 1 is 0.909 bits per heavy atom. The van der Waals surface area contributed by atoms with E-state index < -0.39 is 5.97 Å². The molecule has 5 rings (SSSR count). The van der Waals surface area contributed by atoms with Gasteiger partial charge in [-0.15, -0.1) is 22.7 Å². The maximum Gasteiger partial charge on any atom is 0.323 e. The Morgan fingerprint density at radius 2 is 1.59 bits per heavy atom. The third-order valence-electron chi connectivity index (χ3n) is 7.51. The zero-order valence-corrected chi connectivity index (χ0v) is 27.4. The molecule has 2 aromatic heterocycles. The van der Waals surface area contributed by atoms with Gasteiger partial charge in [-0.1, -0.05) is 86.8 Å². The van der Waals surface area contributed by atoms with Gasteiger partial charge in [0, 0.05) is 25.7 Å². The summed E-state index contributed by atoms with van der Waals surface area (Å²) < 4.78 is 6.09. The topological polar surface area (TPSA) is 62.7 Å². The SMILES string of the molecule is CCCC(CCC)c1ccc(OCc2ccc(-c3ccc(CN(CC(=O)O)c4nc(-c5ccc(Cl)cc5)cs4)s3)cc2)cc1. The highest BCUT2D eigenvalue weighted by atomic mass is 35.5. The van der Waals surface area contributed by atoms with Crippen LogP contribution in [-0.4, -0.2) is 22.6 Å². The molecule has 0 aliphatic carbocycles. The Kier molecular flexibility index (Phi) is 11.1. The Hall–Kier alpha value is -3.65. The number of hydrogen-bond acceptors (Lipinski definition) is 6. The van der Waals surface area contributed by atoms with Crippen molar-refractivity contribution in [2.24, 2.45) is 0 Å². The second-order valence-corrected chi connectivity index (χ2v) is 13.3. The molecule has 8 heteroatoms. The number of aliphatic carboxylic acids is 1. The standard InChI is InChI=1S/C36H37ClN2O3S2/c1-3-5-26(6-4-2)27-13-17-31(18-14-27)42-23-25-7-9-29(10-8-25)34-20-19-32(44-34)21-39(22-35(40)41)36-38-33(24-43-36)28-11-15-30(37)16-12-28/h7-20,24,26H,3-6,21-23H2,1-2H3,(H,40,41). The maximum absolute atomic E-state index is 11.7. The summed E-state index contributed by atoms with van der Waals surface area (Å²) in [5.41, 5.74) is 5.38. The van der Waals surface area contributed by atoms with Crippen molar-refractivity contribution in [3.8, 4) is 27.4 Å². The van der Waals surface area contributed by atoms with Crippen molar-refractivity contribution in [3.63, 3.8) is 0 Å². The summed E-state index contributed by atoms with van der Waals surface area (Å²) in [6, 6.07) is 28.7. The minimum absolute atomic E-state index is 0.129. The van der Waals surface area contributed by atoms with Crippen molar-refractivity contribution in [2.75, 3.05) is 11.4 Å². The summed E-state index contributed by atoms with van der Waals surface area (Å²) >= 11 is 9.13. The molecule has 5 nitrogen and oxygen atoms in total. The quantitative estimate of drug-likeness (QED) is 0.123. The second-order valence-electron chi connectivity index (χ2n) is 10.9. The average molecular weight is 645 g/mol. The Morgan fingerprint density at radius 3 is 2.25 bits per heavy atom. The van der Waals surface area contributed by atoms with Gasteiger partial charge in [0.1, 0.15) is 18.9 Å². The number of aromatic nitrogens is 1. The third kappa shape index (κ3) is 8.50. The molecule has 0 spiro atoms. The number of carbonyl (C=O) groups is 1. The van der Waals surface area contributed by atoms with Gasteiger partial charge in [0.25, 0.3) is 0 Å². The van der Waals surface area contributed by atoms with Crippen molar-refractivity contribution in [3.05, 3.63) is 111 Å². The molecular formula is C36H37ClN2O3S2. The summed E-state index contributed by atoms with van der Waals surface area (Å²) in [6.07, 6.45) is 4.86. The molecular weight excluding hydrogens is 608 g/mol. The lowest BCUT2D eigenvalue weighted by molar-refractivity contribution is -0.135. The van der Waals surface area contributed by atoms with Crippen molar-refractivity contribution in [1.29, 1.82) is 0 Å². The van der Waals surface area contributed by atoms with Crippen LogP contribution in [0.25, 0.3) is 21.7 Å². The van der Waals surface area contributed by atoms with Crippen LogP contribution in [-0.2, 0) is 17.9 Å². The van der Waals surface area contributed by atoms with Crippen LogP contribution >= 0.6 is 34.3 Å². The maximum atomic E-state index is 11.7. The van der Waals surface area contributed by atoms with Crippen LogP contribution in [0.2, 0.25) is 5.02 Å². The van der Waals surface area contributed by atoms with E-state index >= 15 is 0 Å². The molecule has 0 aliphatic heterocycles. The molecule has 0 fully saturated rings. The van der Waals surface area contributed by atoms with Gasteiger partial charge in [-0.05, 0) is 71.8 Å². The number of thiazole rings is 1. The van der Waals surface area contributed by atoms with Crippen molar-refractivity contribution in [2.45, 2.75) is 58.6 Å².